The van der Waals surface area contributed by atoms with Gasteiger partial charge < -0.3 is 4.57 Å². The van der Waals surface area contributed by atoms with Crippen LogP contribution in [0.2, 0.25) is 0 Å². The van der Waals surface area contributed by atoms with E-state index in [1.807, 2.05) is 0 Å². The normalized spacial score (nSPS) is 10.5. The number of rotatable bonds is 3. The third kappa shape index (κ3) is 2.48. The van der Waals surface area contributed by atoms with Gasteiger partial charge in [0, 0.05) is 25.4 Å². The lowest BCUT2D eigenvalue weighted by molar-refractivity contribution is -0.385. The summed E-state index contributed by atoms with van der Waals surface area (Å²) in [6.45, 7) is -0.361. The highest BCUT2D eigenvalue weighted by molar-refractivity contribution is 5.40. The molecule has 8 heteroatoms. The molecule has 0 unspecified atom stereocenters. The van der Waals surface area contributed by atoms with Crippen LogP contribution in [-0.4, -0.2) is 14.1 Å². The Labute approximate surface area is 111 Å². The number of aryl methyl sites for hydroxylation is 1. The van der Waals surface area contributed by atoms with Gasteiger partial charge in [0.2, 0.25) is 0 Å². The van der Waals surface area contributed by atoms with Gasteiger partial charge in [0.05, 0.1) is 17.0 Å². The fourth-order valence-electron chi connectivity index (χ4n) is 1.79. The monoisotopic (exact) mass is 279 g/mol. The Hall–Kier alpha value is -2.77. The predicted molar refractivity (Wildman–Crippen MR) is 68.1 cm³/mol. The molecule has 0 aliphatic carbocycles. The zero-order valence-electron chi connectivity index (χ0n) is 10.4. The molecule has 0 N–H and O–H groups in total. The second-order valence-electron chi connectivity index (χ2n) is 4.16. The molecular formula is C12H10FN3O4. The van der Waals surface area contributed by atoms with E-state index in [9.17, 15) is 24.1 Å². The largest absolute Gasteiger partial charge is 0.331 e. The molecule has 0 aliphatic rings. The number of hydrogen-bond donors (Lipinski definition) is 0. The standard InChI is InChI=1S/C12H10FN3O4/c1-14-5-4-11(17)15(12(14)18)7-8-6-9(13)2-3-10(8)16(19)20/h2-6H,7H2,1H3. The molecule has 0 spiro atoms. The fourth-order valence-corrected chi connectivity index (χ4v) is 1.79. The van der Waals surface area contributed by atoms with Gasteiger partial charge in [0.1, 0.15) is 5.82 Å². The van der Waals surface area contributed by atoms with E-state index in [2.05, 4.69) is 0 Å². The van der Waals surface area contributed by atoms with E-state index in [0.29, 0.717) is 0 Å². The van der Waals surface area contributed by atoms with E-state index >= 15 is 0 Å². The van der Waals surface area contributed by atoms with Gasteiger partial charge in [-0.25, -0.2) is 9.18 Å². The van der Waals surface area contributed by atoms with Gasteiger partial charge in [-0.05, 0) is 12.1 Å². The van der Waals surface area contributed by atoms with Crippen LogP contribution in [0.4, 0.5) is 10.1 Å². The van der Waals surface area contributed by atoms with Crippen molar-refractivity contribution in [1.29, 1.82) is 0 Å². The van der Waals surface area contributed by atoms with Crippen LogP contribution < -0.4 is 11.2 Å². The summed E-state index contributed by atoms with van der Waals surface area (Å²) in [6.07, 6.45) is 1.29. The number of nitro benzene ring substituents is 1. The fraction of sp³-hybridized carbons (Fsp3) is 0.167. The first-order valence-corrected chi connectivity index (χ1v) is 5.59. The smallest absolute Gasteiger partial charge is 0.303 e. The topological polar surface area (TPSA) is 87.1 Å². The summed E-state index contributed by atoms with van der Waals surface area (Å²) in [6, 6.07) is 4.06. The van der Waals surface area contributed by atoms with Crippen LogP contribution in [0.5, 0.6) is 0 Å². The highest BCUT2D eigenvalue weighted by atomic mass is 19.1. The van der Waals surface area contributed by atoms with Gasteiger partial charge in [-0.15, -0.1) is 0 Å². The van der Waals surface area contributed by atoms with Crippen LogP contribution in [0.15, 0.2) is 40.1 Å². The number of hydrogen-bond acceptors (Lipinski definition) is 4. The number of nitrogens with zero attached hydrogens (tertiary/aromatic N) is 3. The number of nitro groups is 1. The van der Waals surface area contributed by atoms with Gasteiger partial charge in [0.25, 0.3) is 11.2 Å². The molecular weight excluding hydrogens is 269 g/mol. The minimum atomic E-state index is -0.687. The van der Waals surface area contributed by atoms with Crippen LogP contribution >= 0.6 is 0 Å². The molecule has 1 aromatic carbocycles. The summed E-state index contributed by atoms with van der Waals surface area (Å²) in [5.41, 5.74) is -1.62. The van der Waals surface area contributed by atoms with Crippen molar-refractivity contribution in [2.24, 2.45) is 7.05 Å². The minimum Gasteiger partial charge on any atom is -0.303 e. The molecule has 0 atom stereocenters. The van der Waals surface area contributed by atoms with E-state index < -0.39 is 22.0 Å². The Balaban J connectivity index is 2.59. The Morgan fingerprint density at radius 2 is 2.00 bits per heavy atom. The highest BCUT2D eigenvalue weighted by Gasteiger charge is 2.16. The van der Waals surface area contributed by atoms with Crippen LogP contribution in [-0.2, 0) is 13.6 Å². The average Bonchev–Trinajstić information content (AvgIpc) is 2.39. The van der Waals surface area contributed by atoms with Gasteiger partial charge in [0.15, 0.2) is 0 Å². The molecule has 1 heterocycles. The SMILES string of the molecule is Cn1ccc(=O)n(Cc2cc(F)ccc2[N+](=O)[O-])c1=O. The molecule has 1 aromatic heterocycles. The minimum absolute atomic E-state index is 0.0413. The first-order chi connectivity index (χ1) is 9.40. The summed E-state index contributed by atoms with van der Waals surface area (Å²) >= 11 is 0. The van der Waals surface area contributed by atoms with Gasteiger partial charge >= 0.3 is 5.69 Å². The maximum Gasteiger partial charge on any atom is 0.331 e. The molecule has 2 aromatic rings. The molecule has 0 aliphatic heterocycles. The van der Waals surface area contributed by atoms with Gasteiger partial charge in [-0.3, -0.25) is 19.5 Å². The maximum atomic E-state index is 13.2. The molecule has 0 amide bonds. The molecule has 0 saturated carbocycles. The van der Waals surface area contributed by atoms with E-state index in [1.165, 1.54) is 13.2 Å². The zero-order valence-corrected chi connectivity index (χ0v) is 10.4. The Morgan fingerprint density at radius 1 is 1.30 bits per heavy atom. The van der Waals surface area contributed by atoms with Crippen molar-refractivity contribution in [3.63, 3.8) is 0 Å². The third-order valence-electron chi connectivity index (χ3n) is 2.81. The molecule has 0 saturated heterocycles. The highest BCUT2D eigenvalue weighted by Crippen LogP contribution is 2.19. The van der Waals surface area contributed by atoms with Crippen LogP contribution in [0.25, 0.3) is 0 Å². The van der Waals surface area contributed by atoms with Crippen molar-refractivity contribution in [2.45, 2.75) is 6.54 Å². The van der Waals surface area contributed by atoms with Crippen LogP contribution in [0, 0.1) is 15.9 Å². The number of benzene rings is 1. The molecule has 2 rings (SSSR count). The summed E-state index contributed by atoms with van der Waals surface area (Å²) in [5, 5.41) is 10.9. The number of halogens is 1. The van der Waals surface area contributed by atoms with Crippen molar-refractivity contribution in [3.8, 4) is 0 Å². The van der Waals surface area contributed by atoms with E-state index in [0.717, 1.165) is 33.4 Å². The first-order valence-electron chi connectivity index (χ1n) is 5.59. The van der Waals surface area contributed by atoms with Gasteiger partial charge in [-0.2, -0.15) is 0 Å². The Morgan fingerprint density at radius 3 is 2.65 bits per heavy atom. The second-order valence-corrected chi connectivity index (χ2v) is 4.16. The van der Waals surface area contributed by atoms with Gasteiger partial charge in [-0.1, -0.05) is 0 Å². The quantitative estimate of drug-likeness (QED) is 0.609. The number of aromatic nitrogens is 2. The lowest BCUT2D eigenvalue weighted by Crippen LogP contribution is -2.38. The third-order valence-corrected chi connectivity index (χ3v) is 2.81. The molecule has 0 radical (unpaired) electrons. The summed E-state index contributed by atoms with van der Waals surface area (Å²) < 4.78 is 15.2. The second kappa shape index (κ2) is 5.08. The predicted octanol–water partition coefficient (Wildman–Crippen LogP) is 0.643. The van der Waals surface area contributed by atoms with Crippen molar-refractivity contribution in [3.05, 3.63) is 72.8 Å². The Bertz CT molecular complexity index is 794. The molecule has 104 valence electrons. The molecule has 7 nitrogen and oxygen atoms in total. The van der Waals surface area contributed by atoms with Crippen molar-refractivity contribution >= 4 is 5.69 Å². The van der Waals surface area contributed by atoms with E-state index in [1.54, 1.807) is 0 Å². The maximum absolute atomic E-state index is 13.2. The Kier molecular flexibility index (Phi) is 3.47. The summed E-state index contributed by atoms with van der Waals surface area (Å²) in [5.74, 6) is -0.675. The molecule has 0 bridgehead atoms. The van der Waals surface area contributed by atoms with E-state index in [4.69, 9.17) is 0 Å². The average molecular weight is 279 g/mol. The molecule has 20 heavy (non-hydrogen) atoms. The first kappa shape index (κ1) is 13.7. The van der Waals surface area contributed by atoms with Crippen LogP contribution in [0.3, 0.4) is 0 Å². The lowest BCUT2D eigenvalue weighted by Gasteiger charge is -2.07. The van der Waals surface area contributed by atoms with E-state index in [-0.39, 0.29) is 17.8 Å². The van der Waals surface area contributed by atoms with Crippen molar-refractivity contribution in [1.82, 2.24) is 9.13 Å². The van der Waals surface area contributed by atoms with Crippen molar-refractivity contribution in [2.75, 3.05) is 0 Å². The van der Waals surface area contributed by atoms with Crippen LogP contribution in [0.1, 0.15) is 5.56 Å². The lowest BCUT2D eigenvalue weighted by atomic mass is 10.1. The van der Waals surface area contributed by atoms with Crippen molar-refractivity contribution < 1.29 is 9.31 Å². The molecule has 0 fully saturated rings. The summed E-state index contributed by atoms with van der Waals surface area (Å²) in [4.78, 5) is 33.7. The summed E-state index contributed by atoms with van der Waals surface area (Å²) in [7, 11) is 1.44. The zero-order chi connectivity index (χ0) is 14.9.